The molecule has 2 aliphatic rings. The molecule has 28 heavy (non-hydrogen) atoms. The Balaban J connectivity index is 1.27. The second kappa shape index (κ2) is 8.74. The third kappa shape index (κ3) is 4.53. The monoisotopic (exact) mass is 380 g/mol. The second-order valence-corrected chi connectivity index (χ2v) is 8.19. The maximum absolute atomic E-state index is 12.6. The van der Waals surface area contributed by atoms with Gasteiger partial charge in [0.15, 0.2) is 6.54 Å². The molecule has 1 fully saturated rings. The van der Waals surface area contributed by atoms with E-state index in [9.17, 15) is 4.79 Å². The first-order valence-corrected chi connectivity index (χ1v) is 10.7. The first kappa shape index (κ1) is 18.9. The molecular weight excluding hydrogens is 348 g/mol. The van der Waals surface area contributed by atoms with Crippen molar-refractivity contribution < 1.29 is 14.7 Å². The quantitative estimate of drug-likeness (QED) is 0.812. The number of pyridine rings is 1. The number of aromatic amines is 1. The van der Waals surface area contributed by atoms with Crippen molar-refractivity contribution in [3.05, 3.63) is 59.3 Å². The molecule has 0 bridgehead atoms. The van der Waals surface area contributed by atoms with Crippen LogP contribution >= 0.6 is 0 Å². The molecule has 3 N–H and O–H groups in total. The highest BCUT2D eigenvalue weighted by Crippen LogP contribution is 2.24. The number of fused-ring (bicyclic) bond motifs is 1. The Hall–Kier alpha value is -2.40. The van der Waals surface area contributed by atoms with Gasteiger partial charge < -0.3 is 10.2 Å². The van der Waals surface area contributed by atoms with Gasteiger partial charge in [-0.05, 0) is 55.4 Å². The maximum Gasteiger partial charge on any atom is 0.275 e. The van der Waals surface area contributed by atoms with Crippen molar-refractivity contribution in [2.75, 3.05) is 37.6 Å². The summed E-state index contributed by atoms with van der Waals surface area (Å²) in [6, 6.07) is 13.0. The number of rotatable bonds is 5. The van der Waals surface area contributed by atoms with E-state index in [4.69, 9.17) is 0 Å². The summed E-state index contributed by atoms with van der Waals surface area (Å²) in [6.45, 7) is 6.59. The van der Waals surface area contributed by atoms with Crippen LogP contribution in [0.4, 0.5) is 5.82 Å². The first-order valence-electron chi connectivity index (χ1n) is 10.7. The average molecular weight is 381 g/mol. The van der Waals surface area contributed by atoms with E-state index >= 15 is 0 Å². The van der Waals surface area contributed by atoms with Gasteiger partial charge in [0.1, 0.15) is 26.2 Å². The number of H-pyrrole nitrogens is 1. The van der Waals surface area contributed by atoms with Crippen LogP contribution in [0, 0.1) is 0 Å². The molecule has 1 atom stereocenters. The minimum Gasteiger partial charge on any atom is -0.345 e. The molecular formula is C23H32N4O+2. The molecule has 0 unspecified atom stereocenters. The molecule has 4 rings (SSSR count). The van der Waals surface area contributed by atoms with Crippen molar-refractivity contribution >= 4 is 11.7 Å². The van der Waals surface area contributed by atoms with Gasteiger partial charge in [-0.15, -0.1) is 0 Å². The van der Waals surface area contributed by atoms with Crippen molar-refractivity contribution in [1.82, 2.24) is 5.32 Å². The maximum atomic E-state index is 12.6. The number of anilines is 1. The zero-order chi connectivity index (χ0) is 19.3. The summed E-state index contributed by atoms with van der Waals surface area (Å²) >= 11 is 0. The lowest BCUT2D eigenvalue weighted by Crippen LogP contribution is -3.16. The van der Waals surface area contributed by atoms with E-state index < -0.39 is 0 Å². The highest BCUT2D eigenvalue weighted by Gasteiger charge is 2.27. The number of hydrogen-bond donors (Lipinski definition) is 2. The molecule has 0 radical (unpaired) electrons. The lowest BCUT2D eigenvalue weighted by Gasteiger charge is -2.28. The average Bonchev–Trinajstić information content (AvgIpc) is 2.74. The Labute approximate surface area is 167 Å². The standard InChI is InChI=1S/C23H30N4O/c1-18(20-10-9-19-6-2-3-7-21(19)16-20)25-23(28)17-26-12-14-27(15-13-26)22-8-4-5-11-24-22/h4-5,8-11,16,18H,2-3,6-7,12-15,17H2,1H3,(H,25,28)/p+2/t18-/m1/s1. The van der Waals surface area contributed by atoms with Crippen LogP contribution in [0.5, 0.6) is 0 Å². The number of quaternary nitrogens is 1. The van der Waals surface area contributed by atoms with Crippen LogP contribution < -0.4 is 20.1 Å². The van der Waals surface area contributed by atoms with Crippen molar-refractivity contribution in [2.24, 2.45) is 0 Å². The Morgan fingerprint density at radius 2 is 1.93 bits per heavy atom. The molecule has 2 heterocycles. The van der Waals surface area contributed by atoms with E-state index in [2.05, 4.69) is 52.5 Å². The smallest absolute Gasteiger partial charge is 0.275 e. The summed E-state index contributed by atoms with van der Waals surface area (Å²) < 4.78 is 0. The third-order valence-corrected chi connectivity index (χ3v) is 6.16. The molecule has 0 spiro atoms. The number of benzene rings is 1. The van der Waals surface area contributed by atoms with E-state index in [1.165, 1.54) is 47.3 Å². The first-order chi connectivity index (χ1) is 13.7. The number of amides is 1. The molecule has 1 saturated heterocycles. The number of nitrogens with one attached hydrogen (secondary N) is 3. The summed E-state index contributed by atoms with van der Waals surface area (Å²) in [7, 11) is 0. The number of hydrogen-bond acceptors (Lipinski definition) is 2. The van der Waals surface area contributed by atoms with Crippen LogP contribution in [0.25, 0.3) is 0 Å². The highest BCUT2D eigenvalue weighted by atomic mass is 16.2. The fourth-order valence-electron chi connectivity index (χ4n) is 4.45. The molecule has 2 aromatic rings. The minimum atomic E-state index is 0.0688. The molecule has 5 nitrogen and oxygen atoms in total. The Morgan fingerprint density at radius 1 is 1.14 bits per heavy atom. The van der Waals surface area contributed by atoms with Gasteiger partial charge in [0, 0.05) is 6.07 Å². The second-order valence-electron chi connectivity index (χ2n) is 8.19. The molecule has 1 aromatic carbocycles. The van der Waals surface area contributed by atoms with Crippen molar-refractivity contribution in [2.45, 2.75) is 38.6 Å². The van der Waals surface area contributed by atoms with Crippen molar-refractivity contribution in [1.29, 1.82) is 0 Å². The van der Waals surface area contributed by atoms with E-state index in [0.717, 1.165) is 32.0 Å². The fraction of sp³-hybridized carbons (Fsp3) is 0.478. The minimum absolute atomic E-state index is 0.0688. The summed E-state index contributed by atoms with van der Waals surface area (Å²) in [4.78, 5) is 19.6. The topological polar surface area (TPSA) is 50.9 Å². The molecule has 1 aliphatic carbocycles. The van der Waals surface area contributed by atoms with E-state index in [0.29, 0.717) is 6.54 Å². The van der Waals surface area contributed by atoms with Gasteiger partial charge in [-0.2, -0.15) is 0 Å². The fourth-order valence-corrected chi connectivity index (χ4v) is 4.45. The van der Waals surface area contributed by atoms with E-state index in [1.54, 1.807) is 0 Å². The van der Waals surface area contributed by atoms with Gasteiger partial charge in [0.2, 0.25) is 0 Å². The van der Waals surface area contributed by atoms with Crippen molar-refractivity contribution in [3.8, 4) is 0 Å². The Bertz CT molecular complexity index is 800. The zero-order valence-corrected chi connectivity index (χ0v) is 16.8. The Morgan fingerprint density at radius 3 is 2.68 bits per heavy atom. The number of nitrogens with zero attached hydrogens (tertiary/aromatic N) is 1. The number of aryl methyl sites for hydroxylation is 2. The normalized spacial score (nSPS) is 18.4. The lowest BCUT2D eigenvalue weighted by molar-refractivity contribution is -0.892. The number of carbonyl (C=O) groups is 1. The summed E-state index contributed by atoms with van der Waals surface area (Å²) in [5.41, 5.74) is 4.20. The molecule has 1 aromatic heterocycles. The molecule has 0 saturated carbocycles. The SMILES string of the molecule is C[C@@H](NC(=O)C[NH+]1CCN(c2cccc[nH+]2)CC1)c1ccc2c(c1)CCCC2. The van der Waals surface area contributed by atoms with Gasteiger partial charge in [0.25, 0.3) is 11.7 Å². The number of piperazine rings is 1. The van der Waals surface area contributed by atoms with E-state index in [-0.39, 0.29) is 11.9 Å². The van der Waals surface area contributed by atoms with Crippen LogP contribution in [0.1, 0.15) is 42.5 Å². The van der Waals surface area contributed by atoms with Gasteiger partial charge in [-0.3, -0.25) is 9.69 Å². The summed E-state index contributed by atoms with van der Waals surface area (Å²) in [6.07, 6.45) is 6.93. The highest BCUT2D eigenvalue weighted by molar-refractivity contribution is 5.77. The van der Waals surface area contributed by atoms with Crippen molar-refractivity contribution in [3.63, 3.8) is 0 Å². The molecule has 148 valence electrons. The van der Waals surface area contributed by atoms with Gasteiger partial charge in [-0.25, -0.2) is 4.98 Å². The van der Waals surface area contributed by atoms with Crippen LogP contribution in [0.2, 0.25) is 0 Å². The number of aromatic nitrogens is 1. The predicted octanol–water partition coefficient (Wildman–Crippen LogP) is 0.962. The molecule has 1 amide bonds. The molecule has 1 aliphatic heterocycles. The lowest BCUT2D eigenvalue weighted by atomic mass is 9.89. The van der Waals surface area contributed by atoms with Crippen LogP contribution in [-0.2, 0) is 17.6 Å². The van der Waals surface area contributed by atoms with Crippen LogP contribution in [0.15, 0.2) is 42.6 Å². The van der Waals surface area contributed by atoms with Crippen LogP contribution in [0.3, 0.4) is 0 Å². The predicted molar refractivity (Wildman–Crippen MR) is 110 cm³/mol. The third-order valence-electron chi connectivity index (χ3n) is 6.16. The Kier molecular flexibility index (Phi) is 5.91. The summed E-state index contributed by atoms with van der Waals surface area (Å²) in [5, 5.41) is 3.21. The van der Waals surface area contributed by atoms with Gasteiger partial charge in [-0.1, -0.05) is 24.3 Å². The molecule has 5 heteroatoms. The van der Waals surface area contributed by atoms with Gasteiger partial charge >= 0.3 is 0 Å². The van der Waals surface area contributed by atoms with E-state index in [1.807, 2.05) is 12.3 Å². The number of carbonyl (C=O) groups excluding carboxylic acids is 1. The zero-order valence-electron chi connectivity index (χ0n) is 16.8. The van der Waals surface area contributed by atoms with Gasteiger partial charge in [0.05, 0.1) is 12.2 Å². The largest absolute Gasteiger partial charge is 0.345 e. The van der Waals surface area contributed by atoms with Crippen LogP contribution in [-0.4, -0.2) is 38.6 Å². The summed E-state index contributed by atoms with van der Waals surface area (Å²) in [5.74, 6) is 1.31.